The Kier molecular flexibility index (Phi) is 2.77. The molecule has 2 aliphatic rings. The monoisotopic (exact) mass is 196 g/mol. The first-order valence-electron chi connectivity index (χ1n) is 5.72. The highest BCUT2D eigenvalue weighted by atomic mass is 16.1. The molecule has 2 heterocycles. The smallest absolute Gasteiger partial charge is 0.221 e. The van der Waals surface area contributed by atoms with Crippen LogP contribution in [-0.4, -0.2) is 35.5 Å². The van der Waals surface area contributed by atoms with Crippen molar-refractivity contribution in [1.82, 2.24) is 10.2 Å². The summed E-state index contributed by atoms with van der Waals surface area (Å²) in [6, 6.07) is 1.65. The first-order valence-corrected chi connectivity index (χ1v) is 5.72. The van der Waals surface area contributed by atoms with E-state index in [0.29, 0.717) is 24.5 Å². The van der Waals surface area contributed by atoms with Gasteiger partial charge in [0.05, 0.1) is 0 Å². The fraction of sp³-hybridized carbons (Fsp3) is 0.909. The van der Waals surface area contributed by atoms with Crippen molar-refractivity contribution in [3.05, 3.63) is 0 Å². The minimum Gasteiger partial charge on any atom is -0.354 e. The van der Waals surface area contributed by atoms with Crippen molar-refractivity contribution in [2.24, 2.45) is 0 Å². The van der Waals surface area contributed by atoms with E-state index < -0.39 is 0 Å². The van der Waals surface area contributed by atoms with Gasteiger partial charge in [0.15, 0.2) is 0 Å². The summed E-state index contributed by atoms with van der Waals surface area (Å²) in [7, 11) is 0. The van der Waals surface area contributed by atoms with Crippen LogP contribution in [0, 0.1) is 0 Å². The van der Waals surface area contributed by atoms with E-state index in [2.05, 4.69) is 24.1 Å². The average molecular weight is 196 g/mol. The van der Waals surface area contributed by atoms with E-state index in [1.54, 1.807) is 0 Å². The highest BCUT2D eigenvalue weighted by molar-refractivity contribution is 5.77. The molecule has 2 unspecified atom stereocenters. The van der Waals surface area contributed by atoms with Crippen molar-refractivity contribution in [1.29, 1.82) is 0 Å². The standard InChI is InChI=1S/C11H20N2O/c1-8(2)13-9-4-3-5-10(13)7-12-11(14)6-9/h8-10H,3-7H2,1-2H3,(H,12,14). The second-order valence-corrected chi connectivity index (χ2v) is 4.79. The molecule has 80 valence electrons. The van der Waals surface area contributed by atoms with E-state index in [4.69, 9.17) is 0 Å². The summed E-state index contributed by atoms with van der Waals surface area (Å²) >= 11 is 0. The minimum absolute atomic E-state index is 0.241. The maximum absolute atomic E-state index is 11.5. The van der Waals surface area contributed by atoms with Crippen LogP contribution in [0.2, 0.25) is 0 Å². The molecule has 0 spiro atoms. The molecular weight excluding hydrogens is 176 g/mol. The first-order chi connectivity index (χ1) is 6.68. The number of hydrogen-bond acceptors (Lipinski definition) is 2. The summed E-state index contributed by atoms with van der Waals surface area (Å²) in [4.78, 5) is 14.0. The molecule has 3 nitrogen and oxygen atoms in total. The SMILES string of the molecule is CC(C)N1C2CCCC1CC(=O)NC2. The Bertz CT molecular complexity index is 227. The zero-order valence-electron chi connectivity index (χ0n) is 9.12. The van der Waals surface area contributed by atoms with Gasteiger partial charge in [0.2, 0.25) is 5.91 Å². The van der Waals surface area contributed by atoms with E-state index in [-0.39, 0.29) is 5.91 Å². The van der Waals surface area contributed by atoms with Crippen LogP contribution in [0.25, 0.3) is 0 Å². The van der Waals surface area contributed by atoms with Crippen molar-refractivity contribution in [2.75, 3.05) is 6.54 Å². The normalized spacial score (nSPS) is 34.1. The second-order valence-electron chi connectivity index (χ2n) is 4.79. The van der Waals surface area contributed by atoms with Gasteiger partial charge in [-0.1, -0.05) is 6.42 Å². The van der Waals surface area contributed by atoms with Crippen LogP contribution in [0.3, 0.4) is 0 Å². The lowest BCUT2D eigenvalue weighted by Crippen LogP contribution is -2.51. The molecule has 0 aliphatic carbocycles. The van der Waals surface area contributed by atoms with Gasteiger partial charge in [-0.05, 0) is 26.7 Å². The lowest BCUT2D eigenvalue weighted by molar-refractivity contribution is -0.121. The quantitative estimate of drug-likeness (QED) is 0.682. The van der Waals surface area contributed by atoms with Crippen LogP contribution in [0.4, 0.5) is 0 Å². The number of rotatable bonds is 1. The van der Waals surface area contributed by atoms with Gasteiger partial charge in [-0.3, -0.25) is 9.69 Å². The maximum Gasteiger partial charge on any atom is 0.221 e. The van der Waals surface area contributed by atoms with Gasteiger partial charge in [0.25, 0.3) is 0 Å². The second kappa shape index (κ2) is 3.89. The number of carbonyl (C=O) groups excluding carboxylic acids is 1. The number of nitrogens with one attached hydrogen (secondary N) is 1. The summed E-state index contributed by atoms with van der Waals surface area (Å²) in [6.45, 7) is 5.33. The fourth-order valence-corrected chi connectivity index (χ4v) is 2.96. The molecule has 0 aromatic rings. The molecule has 0 aromatic carbocycles. The Morgan fingerprint density at radius 2 is 2.07 bits per heavy atom. The summed E-state index contributed by atoms with van der Waals surface area (Å²) in [6.07, 6.45) is 4.43. The molecule has 0 radical (unpaired) electrons. The van der Waals surface area contributed by atoms with Crippen molar-refractivity contribution >= 4 is 5.91 Å². The number of fused-ring (bicyclic) bond motifs is 2. The molecule has 1 N–H and O–H groups in total. The fourth-order valence-electron chi connectivity index (χ4n) is 2.96. The molecule has 14 heavy (non-hydrogen) atoms. The Hall–Kier alpha value is -0.570. The first kappa shape index (κ1) is 9.97. The summed E-state index contributed by atoms with van der Waals surface area (Å²) in [5, 5.41) is 3.02. The van der Waals surface area contributed by atoms with Crippen LogP contribution in [-0.2, 0) is 4.79 Å². The predicted octanol–water partition coefficient (Wildman–Crippen LogP) is 1.14. The van der Waals surface area contributed by atoms with Crippen LogP contribution in [0.1, 0.15) is 39.5 Å². The van der Waals surface area contributed by atoms with E-state index in [1.165, 1.54) is 19.3 Å². The molecule has 2 rings (SSSR count). The molecule has 2 atom stereocenters. The van der Waals surface area contributed by atoms with Gasteiger partial charge in [-0.2, -0.15) is 0 Å². The lowest BCUT2D eigenvalue weighted by atomic mass is 9.93. The Labute approximate surface area is 85.8 Å². The third-order valence-corrected chi connectivity index (χ3v) is 3.47. The lowest BCUT2D eigenvalue weighted by Gasteiger charge is -2.42. The van der Waals surface area contributed by atoms with Crippen molar-refractivity contribution in [3.63, 3.8) is 0 Å². The van der Waals surface area contributed by atoms with Crippen molar-refractivity contribution in [2.45, 2.75) is 57.7 Å². The van der Waals surface area contributed by atoms with E-state index >= 15 is 0 Å². The van der Waals surface area contributed by atoms with E-state index in [9.17, 15) is 4.79 Å². The number of nitrogens with zero attached hydrogens (tertiary/aromatic N) is 1. The van der Waals surface area contributed by atoms with Gasteiger partial charge in [-0.25, -0.2) is 0 Å². The summed E-state index contributed by atoms with van der Waals surface area (Å²) in [5.41, 5.74) is 0. The zero-order chi connectivity index (χ0) is 10.1. The molecule has 3 heteroatoms. The molecule has 0 saturated carbocycles. The van der Waals surface area contributed by atoms with E-state index in [0.717, 1.165) is 6.54 Å². The van der Waals surface area contributed by atoms with Crippen molar-refractivity contribution < 1.29 is 4.79 Å². The van der Waals surface area contributed by atoms with Crippen LogP contribution >= 0.6 is 0 Å². The Balaban J connectivity index is 2.17. The number of amides is 1. The van der Waals surface area contributed by atoms with Crippen LogP contribution in [0.5, 0.6) is 0 Å². The summed E-state index contributed by atoms with van der Waals surface area (Å²) in [5.74, 6) is 0.241. The molecular formula is C11H20N2O. The van der Waals surface area contributed by atoms with Crippen molar-refractivity contribution in [3.8, 4) is 0 Å². The third kappa shape index (κ3) is 1.78. The largest absolute Gasteiger partial charge is 0.354 e. The molecule has 2 bridgehead atoms. The topological polar surface area (TPSA) is 32.3 Å². The highest BCUT2D eigenvalue weighted by Crippen LogP contribution is 2.28. The van der Waals surface area contributed by atoms with Gasteiger partial charge in [-0.15, -0.1) is 0 Å². The maximum atomic E-state index is 11.5. The Morgan fingerprint density at radius 3 is 2.79 bits per heavy atom. The van der Waals surface area contributed by atoms with E-state index in [1.807, 2.05) is 0 Å². The zero-order valence-corrected chi connectivity index (χ0v) is 9.12. The average Bonchev–Trinajstić information content (AvgIpc) is 2.22. The van der Waals surface area contributed by atoms with Gasteiger partial charge in [0, 0.05) is 31.1 Å². The third-order valence-electron chi connectivity index (χ3n) is 3.47. The molecule has 2 saturated heterocycles. The minimum atomic E-state index is 0.241. The van der Waals surface area contributed by atoms with Gasteiger partial charge < -0.3 is 5.32 Å². The van der Waals surface area contributed by atoms with Gasteiger partial charge in [0.1, 0.15) is 0 Å². The molecule has 2 aliphatic heterocycles. The highest BCUT2D eigenvalue weighted by Gasteiger charge is 2.35. The molecule has 0 aromatic heterocycles. The van der Waals surface area contributed by atoms with Gasteiger partial charge >= 0.3 is 0 Å². The number of piperidine rings is 1. The van der Waals surface area contributed by atoms with Crippen LogP contribution in [0.15, 0.2) is 0 Å². The Morgan fingerprint density at radius 1 is 1.36 bits per heavy atom. The number of carbonyl (C=O) groups is 1. The summed E-state index contributed by atoms with van der Waals surface area (Å²) < 4.78 is 0. The molecule has 1 amide bonds. The van der Waals surface area contributed by atoms with Crippen LogP contribution < -0.4 is 5.32 Å². The predicted molar refractivity (Wildman–Crippen MR) is 56.0 cm³/mol. The number of hydrogen-bond donors (Lipinski definition) is 1. The molecule has 2 fully saturated rings.